The van der Waals surface area contributed by atoms with Gasteiger partial charge in [0, 0.05) is 31.5 Å². The predicted octanol–water partition coefficient (Wildman–Crippen LogP) is 4.15. The third-order valence-corrected chi connectivity index (χ3v) is 5.74. The summed E-state index contributed by atoms with van der Waals surface area (Å²) in [5, 5.41) is 20.8. The summed E-state index contributed by atoms with van der Waals surface area (Å²) in [4.78, 5) is 6.39. The second-order valence-corrected chi connectivity index (χ2v) is 7.99. The summed E-state index contributed by atoms with van der Waals surface area (Å²) in [5.74, 6) is 0.0417. The van der Waals surface area contributed by atoms with Crippen LogP contribution in [0.3, 0.4) is 0 Å². The number of hydrogen-bond acceptors (Lipinski definition) is 5. The molecule has 31 heavy (non-hydrogen) atoms. The van der Waals surface area contributed by atoms with Crippen molar-refractivity contribution in [3.63, 3.8) is 0 Å². The average molecular weight is 443 g/mol. The minimum atomic E-state index is -0.942. The van der Waals surface area contributed by atoms with E-state index in [1.54, 1.807) is 30.5 Å². The Bertz CT molecular complexity index is 1050. The fourth-order valence-electron chi connectivity index (χ4n) is 3.93. The van der Waals surface area contributed by atoms with Gasteiger partial charge in [-0.2, -0.15) is 0 Å². The van der Waals surface area contributed by atoms with Crippen LogP contribution in [0.1, 0.15) is 29.2 Å². The Morgan fingerprint density at radius 3 is 2.77 bits per heavy atom. The van der Waals surface area contributed by atoms with Crippen LogP contribution in [0.2, 0.25) is 5.02 Å². The summed E-state index contributed by atoms with van der Waals surface area (Å²) in [6.07, 6.45) is 1.93. The van der Waals surface area contributed by atoms with Crippen LogP contribution in [0, 0.1) is 5.82 Å². The molecular formula is C24H24ClFN2O3. The van der Waals surface area contributed by atoms with Gasteiger partial charge in [-0.25, -0.2) is 9.37 Å². The molecule has 2 aromatic carbocycles. The van der Waals surface area contributed by atoms with Crippen molar-refractivity contribution < 1.29 is 19.3 Å². The van der Waals surface area contributed by atoms with E-state index >= 15 is 0 Å². The Morgan fingerprint density at radius 1 is 1.16 bits per heavy atom. The molecule has 2 atom stereocenters. The molecule has 162 valence electrons. The number of nitrogens with zero attached hydrogens (tertiary/aromatic N) is 2. The van der Waals surface area contributed by atoms with Gasteiger partial charge in [0.25, 0.3) is 0 Å². The number of aliphatic hydroxyl groups is 2. The van der Waals surface area contributed by atoms with E-state index in [0.29, 0.717) is 35.0 Å². The predicted molar refractivity (Wildman–Crippen MR) is 118 cm³/mol. The number of pyridine rings is 1. The minimum Gasteiger partial charge on any atom is -0.471 e. The van der Waals surface area contributed by atoms with Crippen molar-refractivity contribution >= 4 is 17.3 Å². The Hall–Kier alpha value is -2.67. The molecule has 2 heterocycles. The molecule has 0 bridgehead atoms. The van der Waals surface area contributed by atoms with Crippen molar-refractivity contribution in [1.29, 1.82) is 0 Å². The van der Waals surface area contributed by atoms with Crippen LogP contribution in [0.4, 0.5) is 10.1 Å². The van der Waals surface area contributed by atoms with Crippen LogP contribution in [0.15, 0.2) is 60.8 Å². The van der Waals surface area contributed by atoms with E-state index < -0.39 is 6.10 Å². The lowest BCUT2D eigenvalue weighted by molar-refractivity contribution is 0.216. The number of aromatic nitrogens is 1. The highest BCUT2D eigenvalue weighted by molar-refractivity contribution is 6.31. The van der Waals surface area contributed by atoms with Gasteiger partial charge in [0.15, 0.2) is 0 Å². The molecule has 1 fully saturated rings. The molecule has 1 saturated heterocycles. The van der Waals surface area contributed by atoms with Gasteiger partial charge >= 0.3 is 0 Å². The number of halogens is 2. The van der Waals surface area contributed by atoms with Crippen molar-refractivity contribution in [1.82, 2.24) is 4.98 Å². The largest absolute Gasteiger partial charge is 0.471 e. The quantitative estimate of drug-likeness (QED) is 0.575. The number of hydrogen-bond donors (Lipinski definition) is 2. The van der Waals surface area contributed by atoms with Gasteiger partial charge in [0.1, 0.15) is 23.0 Å². The van der Waals surface area contributed by atoms with E-state index in [2.05, 4.69) is 9.88 Å². The van der Waals surface area contributed by atoms with Crippen LogP contribution in [-0.2, 0) is 6.42 Å². The Labute approximate surface area is 185 Å². The van der Waals surface area contributed by atoms with Crippen LogP contribution >= 0.6 is 11.6 Å². The van der Waals surface area contributed by atoms with Crippen LogP contribution in [-0.4, -0.2) is 41.0 Å². The molecule has 5 nitrogen and oxygen atoms in total. The smallest absolute Gasteiger partial charge is 0.232 e. The molecular weight excluding hydrogens is 419 g/mol. The molecule has 2 N–H and O–H groups in total. The first kappa shape index (κ1) is 21.6. The molecule has 0 aliphatic carbocycles. The van der Waals surface area contributed by atoms with Gasteiger partial charge in [-0.15, -0.1) is 0 Å². The van der Waals surface area contributed by atoms with E-state index in [0.717, 1.165) is 24.2 Å². The molecule has 0 radical (unpaired) electrons. The van der Waals surface area contributed by atoms with E-state index in [1.165, 1.54) is 12.1 Å². The summed E-state index contributed by atoms with van der Waals surface area (Å²) in [7, 11) is 0. The topological polar surface area (TPSA) is 65.8 Å². The van der Waals surface area contributed by atoms with Gasteiger partial charge < -0.3 is 19.8 Å². The van der Waals surface area contributed by atoms with Crippen molar-refractivity contribution in [2.24, 2.45) is 0 Å². The summed E-state index contributed by atoms with van der Waals surface area (Å²) in [6, 6.07) is 15.1. The SMILES string of the molecule is OCCc1cc(C(O)c2cccc(F)c2)ccc1N1CC[C@H](Oc2ncccc2Cl)C1. The molecule has 0 spiro atoms. The third kappa shape index (κ3) is 4.98. The first-order valence-corrected chi connectivity index (χ1v) is 10.6. The van der Waals surface area contributed by atoms with Crippen molar-refractivity contribution in [3.8, 4) is 5.88 Å². The molecule has 1 aromatic heterocycles. The zero-order valence-corrected chi connectivity index (χ0v) is 17.7. The van der Waals surface area contributed by atoms with Gasteiger partial charge in [-0.1, -0.05) is 35.9 Å². The lowest BCUT2D eigenvalue weighted by atomic mass is 9.97. The van der Waals surface area contributed by atoms with Crippen LogP contribution in [0.25, 0.3) is 0 Å². The first-order chi connectivity index (χ1) is 15.0. The number of ether oxygens (including phenoxy) is 1. The molecule has 0 saturated carbocycles. The monoisotopic (exact) mass is 442 g/mol. The fourth-order valence-corrected chi connectivity index (χ4v) is 4.10. The van der Waals surface area contributed by atoms with Gasteiger partial charge in [0.2, 0.25) is 5.88 Å². The number of rotatable bonds is 7. The Kier molecular flexibility index (Phi) is 6.70. The highest BCUT2D eigenvalue weighted by atomic mass is 35.5. The summed E-state index contributed by atoms with van der Waals surface area (Å²) in [5.41, 5.74) is 3.06. The molecule has 0 amide bonds. The zero-order chi connectivity index (χ0) is 21.8. The van der Waals surface area contributed by atoms with E-state index in [4.69, 9.17) is 16.3 Å². The maximum Gasteiger partial charge on any atom is 0.232 e. The molecule has 1 aliphatic heterocycles. The second kappa shape index (κ2) is 9.64. The van der Waals surface area contributed by atoms with E-state index in [9.17, 15) is 14.6 Å². The highest BCUT2D eigenvalue weighted by Gasteiger charge is 2.27. The van der Waals surface area contributed by atoms with Crippen molar-refractivity contribution in [2.75, 3.05) is 24.6 Å². The normalized spacial score (nSPS) is 17.0. The van der Waals surface area contributed by atoms with Crippen LogP contribution in [0.5, 0.6) is 5.88 Å². The third-order valence-electron chi connectivity index (χ3n) is 5.45. The van der Waals surface area contributed by atoms with Crippen molar-refractivity contribution in [2.45, 2.75) is 25.0 Å². The number of anilines is 1. The number of benzene rings is 2. The molecule has 1 aliphatic rings. The average Bonchev–Trinajstić information content (AvgIpc) is 3.23. The lowest BCUT2D eigenvalue weighted by Gasteiger charge is -2.24. The maximum atomic E-state index is 13.6. The Morgan fingerprint density at radius 2 is 2.00 bits per heavy atom. The lowest BCUT2D eigenvalue weighted by Crippen LogP contribution is -2.26. The maximum absolute atomic E-state index is 13.6. The summed E-state index contributed by atoms with van der Waals surface area (Å²) >= 11 is 6.15. The van der Waals surface area contributed by atoms with E-state index in [1.807, 2.05) is 18.2 Å². The molecule has 4 rings (SSSR count). The van der Waals surface area contributed by atoms with Gasteiger partial charge in [-0.05, 0) is 53.4 Å². The summed E-state index contributed by atoms with van der Waals surface area (Å²) in [6.45, 7) is 1.44. The standard InChI is InChI=1S/C24H24ClFN2O3/c25-21-5-2-10-27-24(21)31-20-8-11-28(15-20)22-7-6-18(13-16(22)9-12-29)23(30)17-3-1-4-19(26)14-17/h1-7,10,13-14,20,23,29-30H,8-9,11-12,15H2/t20-,23?/m0/s1. The second-order valence-electron chi connectivity index (χ2n) is 7.58. The Balaban J connectivity index is 1.52. The highest BCUT2D eigenvalue weighted by Crippen LogP contribution is 2.32. The first-order valence-electron chi connectivity index (χ1n) is 10.2. The fraction of sp³-hybridized carbons (Fsp3) is 0.292. The molecule has 7 heteroatoms. The van der Waals surface area contributed by atoms with Crippen molar-refractivity contribution in [3.05, 3.63) is 88.3 Å². The van der Waals surface area contributed by atoms with Crippen LogP contribution < -0.4 is 9.64 Å². The zero-order valence-electron chi connectivity index (χ0n) is 16.9. The number of aliphatic hydroxyl groups excluding tert-OH is 2. The molecule has 3 aromatic rings. The minimum absolute atomic E-state index is 0.0101. The van der Waals surface area contributed by atoms with Gasteiger partial charge in [-0.3, -0.25) is 0 Å². The van der Waals surface area contributed by atoms with E-state index in [-0.39, 0.29) is 18.5 Å². The molecule has 1 unspecified atom stereocenters. The summed E-state index contributed by atoms with van der Waals surface area (Å²) < 4.78 is 19.5. The van der Waals surface area contributed by atoms with Gasteiger partial charge in [0.05, 0.1) is 6.54 Å².